The normalized spacial score (nSPS) is 15.5. The molecule has 0 N–H and O–H groups in total. The van der Waals surface area contributed by atoms with Gasteiger partial charge in [-0.05, 0) is 101 Å². The summed E-state index contributed by atoms with van der Waals surface area (Å²) < 4.78 is 0. The van der Waals surface area contributed by atoms with E-state index in [1.54, 1.807) is 0 Å². The van der Waals surface area contributed by atoms with Crippen LogP contribution in [-0.4, -0.2) is 6.85 Å². The van der Waals surface area contributed by atoms with Crippen molar-refractivity contribution in [3.8, 4) is 22.3 Å². The first-order valence-corrected chi connectivity index (χ1v) is 22.6. The zero-order valence-corrected chi connectivity index (χ0v) is 36.4. The van der Waals surface area contributed by atoms with Gasteiger partial charge in [-0.25, -0.2) is 0 Å². The van der Waals surface area contributed by atoms with Crippen LogP contribution in [0.1, 0.15) is 73.6 Å². The van der Waals surface area contributed by atoms with E-state index in [-0.39, 0.29) is 17.7 Å². The molecule has 63 heavy (non-hydrogen) atoms. The molecule has 0 bridgehead atoms. The summed E-state index contributed by atoms with van der Waals surface area (Å²) in [5, 5.41) is 2.55. The summed E-state index contributed by atoms with van der Waals surface area (Å²) in [5.74, 6) is 0. The third-order valence-electron chi connectivity index (χ3n) is 15.0. The maximum absolute atomic E-state index is 2.75. The van der Waals surface area contributed by atoms with Crippen LogP contribution in [-0.2, 0) is 16.2 Å². The average molecular weight is 807 g/mol. The maximum atomic E-state index is 2.75. The molecule has 0 fully saturated rings. The zero-order chi connectivity index (χ0) is 42.4. The van der Waals surface area contributed by atoms with E-state index in [1.165, 1.54) is 111 Å². The summed E-state index contributed by atoms with van der Waals surface area (Å²) in [6.07, 6.45) is 0. The second kappa shape index (κ2) is 12.7. The first kappa shape index (κ1) is 36.5. The summed E-state index contributed by atoms with van der Waals surface area (Å²) in [7, 11) is 0. The molecule has 2 nitrogen and oxygen atoms in total. The Bertz CT molecular complexity index is 3320. The van der Waals surface area contributed by atoms with Gasteiger partial charge in [-0.15, -0.1) is 0 Å². The standard InChI is InChI=1S/C60H47BN2/c1-58(2,3)39-31-33-42(34-32-39)63-56-45(35-36-48-54(56)44-25-14-15-26-46(44)59(48,4)5)53-43-24-13-12-19-38(43)37-52-55(53)61(63)50-29-18-28-49-57(50)62(52)51-30-17-16-27-47(51)60(49,40-20-8-6-9-21-40)41-22-10-7-11-23-41/h6-37H,1-5H3. The fraction of sp³-hybridized carbons (Fsp3) is 0.133. The highest BCUT2D eigenvalue weighted by Gasteiger charge is 2.54. The van der Waals surface area contributed by atoms with Crippen LogP contribution < -0.4 is 20.6 Å². The van der Waals surface area contributed by atoms with Crippen LogP contribution in [0.2, 0.25) is 0 Å². The Morgan fingerprint density at radius 3 is 1.84 bits per heavy atom. The second-order valence-corrected chi connectivity index (χ2v) is 19.6. The van der Waals surface area contributed by atoms with Crippen LogP contribution >= 0.6 is 0 Å². The van der Waals surface area contributed by atoms with Crippen LogP contribution in [0.5, 0.6) is 0 Å². The molecule has 300 valence electrons. The van der Waals surface area contributed by atoms with E-state index in [4.69, 9.17) is 0 Å². The number of nitrogens with zero attached hydrogens (tertiary/aromatic N) is 2. The number of hydrogen-bond donors (Lipinski definition) is 0. The highest BCUT2D eigenvalue weighted by atomic mass is 15.2. The maximum Gasteiger partial charge on any atom is 0.333 e. The lowest BCUT2D eigenvalue weighted by Crippen LogP contribution is -2.63. The van der Waals surface area contributed by atoms with E-state index in [0.717, 1.165) is 0 Å². The first-order chi connectivity index (χ1) is 30.7. The Labute approximate surface area is 371 Å². The predicted octanol–water partition coefficient (Wildman–Crippen LogP) is 13.8. The molecule has 1 aliphatic carbocycles. The minimum Gasteiger partial charge on any atom is -0.376 e. The van der Waals surface area contributed by atoms with E-state index in [0.29, 0.717) is 0 Å². The van der Waals surface area contributed by atoms with E-state index >= 15 is 0 Å². The Morgan fingerprint density at radius 2 is 1.11 bits per heavy atom. The summed E-state index contributed by atoms with van der Waals surface area (Å²) in [4.78, 5) is 5.39. The fourth-order valence-corrected chi connectivity index (χ4v) is 12.3. The van der Waals surface area contributed by atoms with Crippen molar-refractivity contribution in [3.63, 3.8) is 0 Å². The number of benzene rings is 9. The van der Waals surface area contributed by atoms with E-state index in [2.05, 4.69) is 238 Å². The molecule has 0 radical (unpaired) electrons. The van der Waals surface area contributed by atoms with Gasteiger partial charge in [0, 0.05) is 39.3 Å². The van der Waals surface area contributed by atoms with Gasteiger partial charge in [-0.1, -0.05) is 204 Å². The van der Waals surface area contributed by atoms with Crippen LogP contribution in [0.25, 0.3) is 33.0 Å². The molecule has 3 heteroatoms. The van der Waals surface area contributed by atoms with Crippen molar-refractivity contribution in [2.24, 2.45) is 0 Å². The molecular weight excluding hydrogens is 759 g/mol. The summed E-state index contributed by atoms with van der Waals surface area (Å²) in [6.45, 7) is 11.6. The molecule has 9 aromatic rings. The molecule has 3 heterocycles. The Kier molecular flexibility index (Phi) is 7.39. The average Bonchev–Trinajstić information content (AvgIpc) is 3.55. The van der Waals surface area contributed by atoms with Gasteiger partial charge in [0.05, 0.1) is 11.1 Å². The highest BCUT2D eigenvalue weighted by Crippen LogP contribution is 2.62. The number of anilines is 5. The minimum atomic E-state index is -0.575. The summed E-state index contributed by atoms with van der Waals surface area (Å²) in [6, 6.07) is 74.1. The van der Waals surface area contributed by atoms with E-state index < -0.39 is 5.41 Å². The van der Waals surface area contributed by atoms with E-state index in [1.807, 2.05) is 0 Å². The number of rotatable bonds is 3. The molecule has 0 saturated heterocycles. The van der Waals surface area contributed by atoms with Crippen molar-refractivity contribution in [2.45, 2.75) is 50.9 Å². The molecule has 9 aromatic carbocycles. The van der Waals surface area contributed by atoms with Crippen molar-refractivity contribution >= 4 is 57.0 Å². The van der Waals surface area contributed by atoms with Gasteiger partial charge >= 0.3 is 6.85 Å². The predicted molar refractivity (Wildman–Crippen MR) is 266 cm³/mol. The van der Waals surface area contributed by atoms with E-state index in [9.17, 15) is 0 Å². The molecule has 0 atom stereocenters. The van der Waals surface area contributed by atoms with Crippen LogP contribution in [0.15, 0.2) is 194 Å². The Balaban J connectivity index is 1.22. The fourth-order valence-electron chi connectivity index (χ4n) is 12.3. The van der Waals surface area contributed by atoms with Crippen molar-refractivity contribution in [1.82, 2.24) is 0 Å². The lowest BCUT2D eigenvalue weighted by Gasteiger charge is -2.52. The van der Waals surface area contributed by atoms with Gasteiger partial charge in [0.2, 0.25) is 0 Å². The van der Waals surface area contributed by atoms with Gasteiger partial charge < -0.3 is 9.71 Å². The molecule has 4 aliphatic rings. The smallest absolute Gasteiger partial charge is 0.333 e. The van der Waals surface area contributed by atoms with Crippen molar-refractivity contribution < 1.29 is 0 Å². The van der Waals surface area contributed by atoms with Crippen molar-refractivity contribution in [2.75, 3.05) is 9.71 Å². The largest absolute Gasteiger partial charge is 0.376 e. The molecule has 0 spiro atoms. The highest BCUT2D eigenvalue weighted by molar-refractivity contribution is 6.94. The summed E-state index contributed by atoms with van der Waals surface area (Å²) in [5.41, 5.74) is 22.8. The number of hydrogen-bond acceptors (Lipinski definition) is 2. The summed E-state index contributed by atoms with van der Waals surface area (Å²) >= 11 is 0. The molecule has 0 aromatic heterocycles. The van der Waals surface area contributed by atoms with Gasteiger partial charge in [-0.3, -0.25) is 0 Å². The third kappa shape index (κ3) is 4.70. The van der Waals surface area contributed by atoms with Crippen LogP contribution in [0.4, 0.5) is 28.4 Å². The zero-order valence-electron chi connectivity index (χ0n) is 36.4. The molecular formula is C60H47BN2. The molecule has 0 amide bonds. The van der Waals surface area contributed by atoms with Crippen molar-refractivity contribution in [3.05, 3.63) is 233 Å². The third-order valence-corrected chi connectivity index (χ3v) is 15.0. The quantitative estimate of drug-likeness (QED) is 0.164. The topological polar surface area (TPSA) is 6.48 Å². The lowest BCUT2D eigenvalue weighted by atomic mass is 9.42. The molecule has 13 rings (SSSR count). The number of para-hydroxylation sites is 2. The molecule has 3 aliphatic heterocycles. The Hall–Kier alpha value is -7.10. The van der Waals surface area contributed by atoms with Crippen molar-refractivity contribution in [1.29, 1.82) is 0 Å². The molecule has 0 unspecified atom stereocenters. The van der Waals surface area contributed by atoms with Gasteiger partial charge in [0.15, 0.2) is 0 Å². The minimum absolute atomic E-state index is 0.0245. The first-order valence-electron chi connectivity index (χ1n) is 22.6. The second-order valence-electron chi connectivity index (χ2n) is 19.6. The van der Waals surface area contributed by atoms with Crippen LogP contribution in [0.3, 0.4) is 0 Å². The Morgan fingerprint density at radius 1 is 0.476 bits per heavy atom. The van der Waals surface area contributed by atoms with Gasteiger partial charge in [0.1, 0.15) is 0 Å². The van der Waals surface area contributed by atoms with Gasteiger partial charge in [-0.2, -0.15) is 0 Å². The number of fused-ring (bicyclic) bond motifs is 12. The monoisotopic (exact) mass is 806 g/mol. The molecule has 0 saturated carbocycles. The van der Waals surface area contributed by atoms with Crippen LogP contribution in [0, 0.1) is 0 Å². The van der Waals surface area contributed by atoms with Gasteiger partial charge in [0.25, 0.3) is 0 Å². The SMILES string of the molecule is CC(C)(C)c1ccc(N2B3c4cccc5c4N(c4ccccc4C5(c4ccccc4)c4ccccc4)c4cc5ccccc5c(c43)-c3ccc4c(c32)-c2ccccc2C4(C)C)cc1. The lowest BCUT2D eigenvalue weighted by molar-refractivity contribution is 0.590.